The lowest BCUT2D eigenvalue weighted by atomic mass is 9.47. The van der Waals surface area contributed by atoms with E-state index in [0.29, 0.717) is 37.6 Å². The minimum atomic E-state index is -0.616. The van der Waals surface area contributed by atoms with Crippen LogP contribution >= 0.6 is 0 Å². The van der Waals surface area contributed by atoms with E-state index in [1.807, 2.05) is 13.8 Å². The third-order valence-electron chi connectivity index (χ3n) is 12.6. The van der Waals surface area contributed by atoms with Gasteiger partial charge in [0.2, 0.25) is 5.91 Å². The van der Waals surface area contributed by atoms with Gasteiger partial charge >= 0.3 is 5.97 Å². The van der Waals surface area contributed by atoms with Gasteiger partial charge in [-0.3, -0.25) is 30.2 Å². The van der Waals surface area contributed by atoms with Crippen molar-refractivity contribution in [3.8, 4) is 0 Å². The lowest BCUT2D eigenvalue weighted by molar-refractivity contribution is -0.148. The van der Waals surface area contributed by atoms with Gasteiger partial charge in [-0.25, -0.2) is 0 Å². The maximum Gasteiger partial charge on any atom is 0.302 e. The molecule has 50 heavy (non-hydrogen) atoms. The van der Waals surface area contributed by atoms with E-state index in [4.69, 9.17) is 9.84 Å². The number of esters is 1. The third-order valence-corrected chi connectivity index (χ3v) is 12.6. The van der Waals surface area contributed by atoms with E-state index >= 15 is 0 Å². The normalized spacial score (nSPS) is 32.1. The van der Waals surface area contributed by atoms with Crippen LogP contribution in [0.15, 0.2) is 34.9 Å². The number of nitrogens with zero attached hydrogens (tertiary/aromatic N) is 3. The van der Waals surface area contributed by atoms with E-state index in [9.17, 15) is 35.2 Å². The Bertz CT molecular complexity index is 1510. The van der Waals surface area contributed by atoms with Gasteiger partial charge in [0.15, 0.2) is 0 Å². The molecule has 1 aromatic rings. The van der Waals surface area contributed by atoms with Crippen LogP contribution in [-0.2, 0) is 19.1 Å². The molecule has 3 saturated carbocycles. The first-order valence-corrected chi connectivity index (χ1v) is 18.0. The fourth-order valence-electron chi connectivity index (χ4n) is 10.0. The topological polar surface area (TPSA) is 190 Å². The van der Waals surface area contributed by atoms with Crippen molar-refractivity contribution in [3.05, 3.63) is 40.3 Å². The second-order valence-corrected chi connectivity index (χ2v) is 15.8. The summed E-state index contributed by atoms with van der Waals surface area (Å²) in [6.07, 6.45) is 9.45. The number of benzene rings is 1. The molecule has 5 rings (SSSR count). The number of carbonyl (C=O) groups is 3. The number of hydrogen-bond donors (Lipinski definition) is 4. The Kier molecular flexibility index (Phi) is 11.3. The number of rotatable bonds is 12. The molecule has 9 atom stereocenters. The largest absolute Gasteiger partial charge is 0.769 e. The van der Waals surface area contributed by atoms with Crippen LogP contribution in [0.25, 0.3) is 0 Å². The highest BCUT2D eigenvalue weighted by atomic mass is 16.8. The molecule has 4 N–H and O–H groups in total. The Hall–Kier alpha value is -3.52. The molecule has 13 nitrogen and oxygen atoms in total. The molecular formula is C37H53N5O8-2. The van der Waals surface area contributed by atoms with Gasteiger partial charge in [-0.15, -0.1) is 5.23 Å². The number of ketones is 1. The Balaban J connectivity index is 1.45. The molecule has 0 bridgehead atoms. The minimum Gasteiger partial charge on any atom is -0.769 e. The van der Waals surface area contributed by atoms with Crippen molar-refractivity contribution >= 4 is 40.4 Å². The number of nitrogens with one attached hydrogen (secondary N) is 2. The number of allylic oxidation sites excluding steroid dienone is 1. The first-order valence-electron chi connectivity index (χ1n) is 18.0. The highest BCUT2D eigenvalue weighted by molar-refractivity contribution is 5.96. The molecule has 4 aliphatic rings. The van der Waals surface area contributed by atoms with Crippen molar-refractivity contribution in [2.75, 3.05) is 22.4 Å². The molecule has 1 amide bonds. The number of hydrazone groups is 1. The Morgan fingerprint density at radius 2 is 1.82 bits per heavy atom. The molecular weight excluding hydrogens is 642 g/mol. The summed E-state index contributed by atoms with van der Waals surface area (Å²) >= 11 is 0. The molecule has 4 aliphatic carbocycles. The van der Waals surface area contributed by atoms with Gasteiger partial charge in [-0.05, 0) is 97.6 Å². The monoisotopic (exact) mass is 695 g/mol. The lowest BCUT2D eigenvalue weighted by Crippen LogP contribution is -2.51. The summed E-state index contributed by atoms with van der Waals surface area (Å²) in [5.74, 6) is 0.544. The smallest absolute Gasteiger partial charge is 0.302 e. The number of carbonyl (C=O) groups excluding carboxylic acids is 3. The zero-order valence-corrected chi connectivity index (χ0v) is 30.1. The van der Waals surface area contributed by atoms with E-state index < -0.39 is 5.23 Å². The maximum absolute atomic E-state index is 13.9. The summed E-state index contributed by atoms with van der Waals surface area (Å²) in [5.41, 5.74) is 4.66. The van der Waals surface area contributed by atoms with Crippen LogP contribution in [0.2, 0.25) is 0 Å². The second kappa shape index (κ2) is 15.0. The first kappa shape index (κ1) is 37.7. The molecule has 3 fully saturated rings. The molecule has 0 heterocycles. The Labute approximate surface area is 294 Å². The fourth-order valence-corrected chi connectivity index (χ4v) is 10.0. The van der Waals surface area contributed by atoms with Crippen molar-refractivity contribution in [1.29, 1.82) is 0 Å². The zero-order chi connectivity index (χ0) is 36.5. The summed E-state index contributed by atoms with van der Waals surface area (Å²) in [7, 11) is 0. The van der Waals surface area contributed by atoms with Crippen LogP contribution in [0.5, 0.6) is 0 Å². The van der Waals surface area contributed by atoms with E-state index in [0.717, 1.165) is 50.3 Å². The summed E-state index contributed by atoms with van der Waals surface area (Å²) in [6, 6.07) is 3.71. The number of amides is 1. The quantitative estimate of drug-likeness (QED) is 0.103. The van der Waals surface area contributed by atoms with Gasteiger partial charge < -0.3 is 25.7 Å². The van der Waals surface area contributed by atoms with Gasteiger partial charge in [0, 0.05) is 56.5 Å². The summed E-state index contributed by atoms with van der Waals surface area (Å²) < 4.78 is 5.63. The fraction of sp³-hybridized carbons (Fsp3) is 0.676. The molecule has 0 spiro atoms. The van der Waals surface area contributed by atoms with Gasteiger partial charge in [-0.1, -0.05) is 39.3 Å². The number of hydrogen-bond acceptors (Lipinski definition) is 12. The van der Waals surface area contributed by atoms with Crippen molar-refractivity contribution in [2.24, 2.45) is 51.4 Å². The van der Waals surface area contributed by atoms with Gasteiger partial charge in [-0.2, -0.15) is 5.10 Å². The number of fused-ring (bicyclic) bond motifs is 5. The summed E-state index contributed by atoms with van der Waals surface area (Å²) in [4.78, 5) is 37.1. The van der Waals surface area contributed by atoms with Crippen molar-refractivity contribution in [1.82, 2.24) is 5.32 Å². The molecule has 13 heteroatoms. The third kappa shape index (κ3) is 7.56. The second-order valence-electron chi connectivity index (χ2n) is 15.8. The van der Waals surface area contributed by atoms with Crippen molar-refractivity contribution in [2.45, 2.75) is 105 Å². The molecule has 0 aliphatic heterocycles. The summed E-state index contributed by atoms with van der Waals surface area (Å²) in [5, 5.41) is 49.4. The minimum absolute atomic E-state index is 0.0133. The summed E-state index contributed by atoms with van der Waals surface area (Å²) in [6.45, 7) is 12.2. The van der Waals surface area contributed by atoms with Crippen molar-refractivity contribution in [3.63, 3.8) is 0 Å². The maximum atomic E-state index is 13.9. The SMILES string of the molecule is CC(=O)NCC(C)CCC(=O)C(C)C1/C(=N\Nc2ccc(N([O-])[O-])cc2N(O)O)CC2C3CC=C4CC(OC(C)=O)CC[C@]4(C)C3CC[C@@]21C. The molecule has 1 aromatic carbocycles. The molecule has 0 saturated heterocycles. The highest BCUT2D eigenvalue weighted by Crippen LogP contribution is 2.66. The van der Waals surface area contributed by atoms with Gasteiger partial charge in [0.25, 0.3) is 0 Å². The standard InChI is InChI=1S/C37H53N5O8/c1-21(20-38-23(3)43)7-12-34(45)22(2)35-32(40-39-31-11-9-26(41(46)47)18-33(31)42(48)49)19-30-28-10-8-25-17-27(50-24(4)44)13-15-36(25,5)29(28)14-16-37(30,35)6/h8-9,11,18,21-22,27-30,35,39,48-49H,7,10,12-17,19-20H2,1-6H3,(H,38,43)/q-2/b40-32-/t21?,22?,27?,28?,29?,30?,35?,36-,37-/m0/s1. The number of anilines is 3. The van der Waals surface area contributed by atoms with Crippen LogP contribution in [-0.4, -0.2) is 46.4 Å². The van der Waals surface area contributed by atoms with Crippen LogP contribution in [0.4, 0.5) is 17.1 Å². The predicted octanol–water partition coefficient (Wildman–Crippen LogP) is 6.72. The zero-order valence-electron chi connectivity index (χ0n) is 30.1. The van der Waals surface area contributed by atoms with E-state index in [2.05, 4.69) is 30.7 Å². The van der Waals surface area contributed by atoms with Gasteiger partial charge in [0.05, 0.1) is 5.69 Å². The van der Waals surface area contributed by atoms with E-state index in [1.165, 1.54) is 31.6 Å². The van der Waals surface area contributed by atoms with E-state index in [1.54, 1.807) is 0 Å². The molecule has 0 radical (unpaired) electrons. The highest BCUT2D eigenvalue weighted by Gasteiger charge is 2.61. The van der Waals surface area contributed by atoms with Crippen LogP contribution in [0.3, 0.4) is 0 Å². The van der Waals surface area contributed by atoms with Crippen LogP contribution < -0.4 is 21.2 Å². The Morgan fingerprint density at radius 1 is 1.08 bits per heavy atom. The Morgan fingerprint density at radius 3 is 2.48 bits per heavy atom. The molecule has 0 aromatic heterocycles. The number of Topliss-reactive ketones (excluding diaryl/α,β-unsaturated/α-hetero) is 1. The first-order chi connectivity index (χ1) is 23.5. The van der Waals surface area contributed by atoms with Crippen LogP contribution in [0.1, 0.15) is 99.3 Å². The van der Waals surface area contributed by atoms with E-state index in [-0.39, 0.29) is 80.6 Å². The predicted molar refractivity (Wildman–Crippen MR) is 190 cm³/mol. The van der Waals surface area contributed by atoms with Gasteiger partial charge in [0.1, 0.15) is 17.6 Å². The average molecular weight is 696 g/mol. The van der Waals surface area contributed by atoms with Crippen molar-refractivity contribution < 1.29 is 29.5 Å². The molecule has 276 valence electrons. The number of ether oxygens (including phenoxy) is 1. The van der Waals surface area contributed by atoms with Crippen LogP contribution in [0, 0.1) is 56.8 Å². The average Bonchev–Trinajstić information content (AvgIpc) is 3.36. The lowest BCUT2D eigenvalue weighted by Gasteiger charge is -2.58. The molecule has 7 unspecified atom stereocenters.